The molecule has 0 fully saturated rings. The van der Waals surface area contributed by atoms with Gasteiger partial charge < -0.3 is 10.6 Å². The Balaban J connectivity index is 1.58. The zero-order valence-corrected chi connectivity index (χ0v) is 12.4. The Kier molecular flexibility index (Phi) is 5.83. The molecule has 0 aromatic heterocycles. The van der Waals surface area contributed by atoms with Crippen LogP contribution in [0, 0.1) is 6.92 Å². The number of amides is 1. The van der Waals surface area contributed by atoms with E-state index < -0.39 is 0 Å². The third kappa shape index (κ3) is 5.30. The average molecular weight is 282 g/mol. The van der Waals surface area contributed by atoms with Crippen LogP contribution in [0.5, 0.6) is 0 Å². The number of nitrogens with one attached hydrogen (secondary N) is 2. The first-order chi connectivity index (χ1) is 10.3. The Hall–Kier alpha value is -2.29. The topological polar surface area (TPSA) is 41.1 Å². The van der Waals surface area contributed by atoms with E-state index in [1.54, 1.807) is 0 Å². The van der Waals surface area contributed by atoms with Crippen LogP contribution in [0.3, 0.4) is 0 Å². The van der Waals surface area contributed by atoms with Gasteiger partial charge in [0.05, 0.1) is 0 Å². The maximum atomic E-state index is 11.8. The van der Waals surface area contributed by atoms with Crippen molar-refractivity contribution in [2.24, 2.45) is 0 Å². The number of rotatable bonds is 7. The lowest BCUT2D eigenvalue weighted by Crippen LogP contribution is -2.24. The number of carbonyl (C=O) groups excluding carboxylic acids is 1. The van der Waals surface area contributed by atoms with Gasteiger partial charge in [-0.2, -0.15) is 0 Å². The first-order valence-electron chi connectivity index (χ1n) is 7.39. The number of unbranched alkanes of at least 4 members (excludes halogenated alkanes) is 1. The fourth-order valence-corrected chi connectivity index (χ4v) is 2.05. The van der Waals surface area contributed by atoms with E-state index >= 15 is 0 Å². The highest BCUT2D eigenvalue weighted by Crippen LogP contribution is 2.08. The predicted molar refractivity (Wildman–Crippen MR) is 87.7 cm³/mol. The van der Waals surface area contributed by atoms with Gasteiger partial charge in [-0.15, -0.1) is 0 Å². The summed E-state index contributed by atoms with van der Waals surface area (Å²) >= 11 is 0. The summed E-state index contributed by atoms with van der Waals surface area (Å²) < 4.78 is 0. The van der Waals surface area contributed by atoms with Crippen LogP contribution < -0.4 is 10.6 Å². The third-order valence-corrected chi connectivity index (χ3v) is 3.31. The van der Waals surface area contributed by atoms with Crippen LogP contribution in [0.4, 0.5) is 5.69 Å². The quantitative estimate of drug-likeness (QED) is 0.762. The SMILES string of the molecule is Cc1ccc(NCCCCNC(=O)c2ccccc2)cc1. The second-order valence-electron chi connectivity index (χ2n) is 5.12. The van der Waals surface area contributed by atoms with E-state index in [0.29, 0.717) is 6.54 Å². The van der Waals surface area contributed by atoms with Crippen molar-refractivity contribution in [1.29, 1.82) is 0 Å². The van der Waals surface area contributed by atoms with Crippen LogP contribution in [0.1, 0.15) is 28.8 Å². The maximum Gasteiger partial charge on any atom is 0.251 e. The van der Waals surface area contributed by atoms with Gasteiger partial charge in [0.2, 0.25) is 0 Å². The van der Waals surface area contributed by atoms with Gasteiger partial charge in [-0.05, 0) is 44.0 Å². The van der Waals surface area contributed by atoms with E-state index in [1.807, 2.05) is 30.3 Å². The second-order valence-corrected chi connectivity index (χ2v) is 5.12. The van der Waals surface area contributed by atoms with Gasteiger partial charge in [-0.3, -0.25) is 4.79 Å². The normalized spacial score (nSPS) is 10.1. The molecule has 0 unspecified atom stereocenters. The first-order valence-corrected chi connectivity index (χ1v) is 7.39. The molecule has 0 spiro atoms. The smallest absolute Gasteiger partial charge is 0.251 e. The standard InChI is InChI=1S/C18H22N2O/c1-15-9-11-17(12-10-15)19-13-5-6-14-20-18(21)16-7-3-2-4-8-16/h2-4,7-12,19H,5-6,13-14H2,1H3,(H,20,21). The molecule has 1 amide bonds. The molecule has 0 heterocycles. The highest BCUT2D eigenvalue weighted by molar-refractivity contribution is 5.94. The molecular formula is C18H22N2O. The lowest BCUT2D eigenvalue weighted by molar-refractivity contribution is 0.0953. The molecule has 2 aromatic carbocycles. The van der Waals surface area contributed by atoms with Crippen molar-refractivity contribution in [3.05, 3.63) is 65.7 Å². The van der Waals surface area contributed by atoms with Crippen molar-refractivity contribution in [2.75, 3.05) is 18.4 Å². The summed E-state index contributed by atoms with van der Waals surface area (Å²) in [6, 6.07) is 17.7. The Morgan fingerprint density at radius 1 is 0.905 bits per heavy atom. The van der Waals surface area contributed by atoms with Crippen LogP contribution in [-0.2, 0) is 0 Å². The third-order valence-electron chi connectivity index (χ3n) is 3.31. The zero-order chi connectivity index (χ0) is 14.9. The van der Waals surface area contributed by atoms with E-state index in [0.717, 1.165) is 30.6 Å². The van der Waals surface area contributed by atoms with Gasteiger partial charge in [0.1, 0.15) is 0 Å². The first kappa shape index (κ1) is 15.1. The second kappa shape index (κ2) is 8.10. The van der Waals surface area contributed by atoms with Crippen LogP contribution in [0.2, 0.25) is 0 Å². The lowest BCUT2D eigenvalue weighted by Gasteiger charge is -2.07. The largest absolute Gasteiger partial charge is 0.385 e. The molecule has 3 nitrogen and oxygen atoms in total. The number of hydrogen-bond donors (Lipinski definition) is 2. The van der Waals surface area contributed by atoms with Crippen molar-refractivity contribution in [3.8, 4) is 0 Å². The summed E-state index contributed by atoms with van der Waals surface area (Å²) in [5.41, 5.74) is 3.13. The molecule has 0 atom stereocenters. The molecule has 0 aliphatic rings. The summed E-state index contributed by atoms with van der Waals surface area (Å²) in [6.45, 7) is 3.72. The molecule has 2 N–H and O–H groups in total. The highest BCUT2D eigenvalue weighted by atomic mass is 16.1. The molecule has 0 saturated carbocycles. The monoisotopic (exact) mass is 282 g/mol. The molecule has 0 aliphatic heterocycles. The predicted octanol–water partition coefficient (Wildman–Crippen LogP) is 3.62. The fraction of sp³-hybridized carbons (Fsp3) is 0.278. The van der Waals surface area contributed by atoms with E-state index in [1.165, 1.54) is 5.56 Å². The van der Waals surface area contributed by atoms with Crippen LogP contribution >= 0.6 is 0 Å². The number of benzene rings is 2. The van der Waals surface area contributed by atoms with E-state index in [9.17, 15) is 4.79 Å². The Labute approximate surface area is 126 Å². The van der Waals surface area contributed by atoms with Crippen LogP contribution in [0.25, 0.3) is 0 Å². The molecule has 2 rings (SSSR count). The van der Waals surface area contributed by atoms with E-state index in [-0.39, 0.29) is 5.91 Å². The minimum Gasteiger partial charge on any atom is -0.385 e. The summed E-state index contributed by atoms with van der Waals surface area (Å²) in [6.07, 6.45) is 2.00. The minimum absolute atomic E-state index is 0.00194. The molecule has 21 heavy (non-hydrogen) atoms. The van der Waals surface area contributed by atoms with Crippen LogP contribution in [0.15, 0.2) is 54.6 Å². The van der Waals surface area contributed by atoms with E-state index in [4.69, 9.17) is 0 Å². The van der Waals surface area contributed by atoms with Crippen molar-refractivity contribution in [3.63, 3.8) is 0 Å². The molecule has 0 bridgehead atoms. The fourth-order valence-electron chi connectivity index (χ4n) is 2.05. The zero-order valence-electron chi connectivity index (χ0n) is 12.4. The molecule has 0 saturated heterocycles. The highest BCUT2D eigenvalue weighted by Gasteiger charge is 2.02. The number of hydrogen-bond acceptors (Lipinski definition) is 2. The molecule has 2 aromatic rings. The summed E-state index contributed by atoms with van der Waals surface area (Å²) in [7, 11) is 0. The Bertz CT molecular complexity index is 549. The molecule has 0 aliphatic carbocycles. The van der Waals surface area contributed by atoms with Crippen molar-refractivity contribution >= 4 is 11.6 Å². The Morgan fingerprint density at radius 2 is 1.57 bits per heavy atom. The molecular weight excluding hydrogens is 260 g/mol. The Morgan fingerprint density at radius 3 is 2.29 bits per heavy atom. The van der Waals surface area contributed by atoms with Gasteiger partial charge >= 0.3 is 0 Å². The van der Waals surface area contributed by atoms with Crippen molar-refractivity contribution in [2.45, 2.75) is 19.8 Å². The van der Waals surface area contributed by atoms with Crippen molar-refractivity contribution in [1.82, 2.24) is 5.32 Å². The molecule has 3 heteroatoms. The van der Waals surface area contributed by atoms with Gasteiger partial charge in [0, 0.05) is 24.3 Å². The number of carbonyl (C=O) groups is 1. The molecule has 0 radical (unpaired) electrons. The minimum atomic E-state index is 0.00194. The van der Waals surface area contributed by atoms with Gasteiger partial charge in [0.25, 0.3) is 5.91 Å². The van der Waals surface area contributed by atoms with E-state index in [2.05, 4.69) is 41.8 Å². The van der Waals surface area contributed by atoms with Gasteiger partial charge in [-0.25, -0.2) is 0 Å². The van der Waals surface area contributed by atoms with Crippen LogP contribution in [-0.4, -0.2) is 19.0 Å². The number of anilines is 1. The average Bonchev–Trinajstić information content (AvgIpc) is 2.53. The summed E-state index contributed by atoms with van der Waals surface area (Å²) in [5, 5.41) is 6.32. The van der Waals surface area contributed by atoms with Gasteiger partial charge in [0.15, 0.2) is 0 Å². The summed E-state index contributed by atoms with van der Waals surface area (Å²) in [4.78, 5) is 11.8. The number of aryl methyl sites for hydroxylation is 1. The maximum absolute atomic E-state index is 11.8. The molecule has 110 valence electrons. The van der Waals surface area contributed by atoms with Crippen molar-refractivity contribution < 1.29 is 4.79 Å². The summed E-state index contributed by atoms with van der Waals surface area (Å²) in [5.74, 6) is 0.00194. The van der Waals surface area contributed by atoms with Gasteiger partial charge in [-0.1, -0.05) is 35.9 Å². The lowest BCUT2D eigenvalue weighted by atomic mass is 10.2.